The molecule has 0 fully saturated rings. The average Bonchev–Trinajstić information content (AvgIpc) is 2.71. The fourth-order valence-electron chi connectivity index (χ4n) is 2.83. The van der Waals surface area contributed by atoms with Crippen LogP contribution in [0.1, 0.15) is 5.56 Å². The van der Waals surface area contributed by atoms with Crippen molar-refractivity contribution < 1.29 is 4.74 Å². The summed E-state index contributed by atoms with van der Waals surface area (Å²) in [6, 6.07) is 16.5. The number of thiocarbonyl (C=S) groups is 1. The van der Waals surface area contributed by atoms with Crippen molar-refractivity contribution in [1.82, 2.24) is 9.55 Å². The van der Waals surface area contributed by atoms with Crippen LogP contribution in [-0.4, -0.2) is 28.8 Å². The van der Waals surface area contributed by atoms with Crippen LogP contribution in [0.3, 0.4) is 0 Å². The Hall–Kier alpha value is -3.59. The maximum absolute atomic E-state index is 12.5. The van der Waals surface area contributed by atoms with Crippen LogP contribution < -0.4 is 31.9 Å². The van der Waals surface area contributed by atoms with Gasteiger partial charge in [-0.25, -0.2) is 4.79 Å². The number of hydrogen-bond donors (Lipinski definition) is 3. The van der Waals surface area contributed by atoms with Crippen molar-refractivity contribution in [3.8, 4) is 5.75 Å². The van der Waals surface area contributed by atoms with Crippen LogP contribution in [0.2, 0.25) is 0 Å². The minimum Gasteiger partial charge on any atom is -0.497 e. The third-order valence-corrected chi connectivity index (χ3v) is 4.73. The van der Waals surface area contributed by atoms with Crippen molar-refractivity contribution in [3.05, 3.63) is 81.0 Å². The number of aromatic amines is 1. The zero-order chi connectivity index (χ0) is 21.0. The second kappa shape index (κ2) is 8.61. The molecule has 4 N–H and O–H groups in total. The van der Waals surface area contributed by atoms with Gasteiger partial charge in [0.15, 0.2) is 10.8 Å². The first-order chi connectivity index (χ1) is 13.9. The lowest BCUT2D eigenvalue weighted by molar-refractivity contribution is 0.415. The van der Waals surface area contributed by atoms with Gasteiger partial charge in [0.1, 0.15) is 11.6 Å². The molecular weight excluding hydrogens is 390 g/mol. The third-order valence-electron chi connectivity index (χ3n) is 4.36. The van der Waals surface area contributed by atoms with Gasteiger partial charge in [0, 0.05) is 18.8 Å². The first-order valence-corrected chi connectivity index (χ1v) is 9.17. The monoisotopic (exact) mass is 411 g/mol. The van der Waals surface area contributed by atoms with Crippen molar-refractivity contribution >= 4 is 34.5 Å². The summed E-state index contributed by atoms with van der Waals surface area (Å²) in [4.78, 5) is 28.5. The molecule has 9 heteroatoms. The van der Waals surface area contributed by atoms with E-state index in [1.807, 2.05) is 42.5 Å². The number of benzene rings is 2. The molecule has 0 amide bonds. The van der Waals surface area contributed by atoms with Crippen molar-refractivity contribution in [3.63, 3.8) is 0 Å². The Labute approximate surface area is 172 Å². The third kappa shape index (κ3) is 4.46. The normalized spacial score (nSPS) is 10.4. The van der Waals surface area contributed by atoms with Crippen LogP contribution in [0.4, 0.5) is 17.2 Å². The number of methoxy groups -OCH3 is 1. The SMILES string of the molecule is COc1cccc(NC(=S)N(C)c2c(N)n(Cc3ccccc3)c(=O)[nH]c2=O)c1. The number of nitrogens with zero attached hydrogens (tertiary/aromatic N) is 2. The highest BCUT2D eigenvalue weighted by Gasteiger charge is 2.19. The Morgan fingerprint density at radius 1 is 1.21 bits per heavy atom. The number of aromatic nitrogens is 2. The summed E-state index contributed by atoms with van der Waals surface area (Å²) < 4.78 is 6.50. The highest BCUT2D eigenvalue weighted by molar-refractivity contribution is 7.80. The Morgan fingerprint density at radius 2 is 1.93 bits per heavy atom. The smallest absolute Gasteiger partial charge is 0.330 e. The number of hydrogen-bond acceptors (Lipinski definition) is 5. The van der Waals surface area contributed by atoms with Gasteiger partial charge in [0.2, 0.25) is 0 Å². The van der Waals surface area contributed by atoms with Gasteiger partial charge in [-0.3, -0.25) is 14.3 Å². The predicted octanol–water partition coefficient (Wildman–Crippen LogP) is 2.01. The summed E-state index contributed by atoms with van der Waals surface area (Å²) in [7, 11) is 3.17. The summed E-state index contributed by atoms with van der Waals surface area (Å²) in [5.41, 5.74) is 6.65. The highest BCUT2D eigenvalue weighted by atomic mass is 32.1. The van der Waals surface area contributed by atoms with Gasteiger partial charge in [-0.05, 0) is 29.9 Å². The molecule has 0 bridgehead atoms. The van der Waals surface area contributed by atoms with Crippen LogP contribution in [0.15, 0.2) is 64.2 Å². The molecule has 0 spiro atoms. The Kier molecular flexibility index (Phi) is 5.99. The Balaban J connectivity index is 1.92. The minimum absolute atomic E-state index is 0.0277. The highest BCUT2D eigenvalue weighted by Crippen LogP contribution is 2.20. The van der Waals surface area contributed by atoms with Crippen LogP contribution in [0.25, 0.3) is 0 Å². The molecule has 0 saturated heterocycles. The largest absolute Gasteiger partial charge is 0.497 e. The lowest BCUT2D eigenvalue weighted by Crippen LogP contribution is -2.40. The van der Waals surface area contributed by atoms with E-state index in [2.05, 4.69) is 10.3 Å². The van der Waals surface area contributed by atoms with Crippen LogP contribution in [-0.2, 0) is 6.54 Å². The molecule has 1 heterocycles. The van der Waals surface area contributed by atoms with E-state index in [0.29, 0.717) is 11.4 Å². The van der Waals surface area contributed by atoms with E-state index < -0.39 is 11.2 Å². The van der Waals surface area contributed by atoms with E-state index in [0.717, 1.165) is 5.56 Å². The predicted molar refractivity (Wildman–Crippen MR) is 119 cm³/mol. The number of nitrogens with one attached hydrogen (secondary N) is 2. The molecule has 8 nitrogen and oxygen atoms in total. The van der Waals surface area contributed by atoms with E-state index in [1.54, 1.807) is 26.3 Å². The number of H-pyrrole nitrogens is 1. The van der Waals surface area contributed by atoms with Crippen molar-refractivity contribution in [2.75, 3.05) is 30.1 Å². The molecule has 3 rings (SSSR count). The molecule has 0 aliphatic carbocycles. The van der Waals surface area contributed by atoms with Gasteiger partial charge >= 0.3 is 5.69 Å². The minimum atomic E-state index is -0.617. The van der Waals surface area contributed by atoms with Gasteiger partial charge in [-0.2, -0.15) is 0 Å². The molecule has 1 aromatic heterocycles. The van der Waals surface area contributed by atoms with Gasteiger partial charge < -0.3 is 20.7 Å². The lowest BCUT2D eigenvalue weighted by atomic mass is 10.2. The number of rotatable bonds is 5. The van der Waals surface area contributed by atoms with Crippen molar-refractivity contribution in [1.29, 1.82) is 0 Å². The maximum atomic E-state index is 12.5. The molecule has 0 aliphatic heterocycles. The second-order valence-corrected chi connectivity index (χ2v) is 6.67. The van der Waals surface area contributed by atoms with Crippen LogP contribution >= 0.6 is 12.2 Å². The van der Waals surface area contributed by atoms with Crippen molar-refractivity contribution in [2.24, 2.45) is 0 Å². The quantitative estimate of drug-likeness (QED) is 0.552. The van der Waals surface area contributed by atoms with E-state index in [-0.39, 0.29) is 23.2 Å². The summed E-state index contributed by atoms with van der Waals surface area (Å²) in [5.74, 6) is 0.689. The molecule has 0 saturated carbocycles. The fraction of sp³-hybridized carbons (Fsp3) is 0.150. The molecule has 29 heavy (non-hydrogen) atoms. The van der Waals surface area contributed by atoms with Gasteiger partial charge in [-0.15, -0.1) is 0 Å². The zero-order valence-corrected chi connectivity index (χ0v) is 16.8. The standard InChI is InChI=1S/C20H21N5O3S/c1-24(20(29)22-14-9-6-10-15(11-14)28-2)16-17(21)25(19(27)23-18(16)26)12-13-7-4-3-5-8-13/h3-11H,12,21H2,1-2H3,(H,22,29)(H,23,26,27). The molecule has 0 aliphatic rings. The summed E-state index contributed by atoms with van der Waals surface area (Å²) in [6.07, 6.45) is 0. The van der Waals surface area contributed by atoms with Crippen LogP contribution in [0.5, 0.6) is 5.75 Å². The summed E-state index contributed by atoms with van der Waals surface area (Å²) in [5, 5.41) is 3.27. The molecule has 150 valence electrons. The topological polar surface area (TPSA) is 105 Å². The molecule has 3 aromatic rings. The van der Waals surface area contributed by atoms with Gasteiger partial charge in [0.25, 0.3) is 5.56 Å². The number of nitrogens with two attached hydrogens (primary N) is 1. The van der Waals surface area contributed by atoms with Crippen LogP contribution in [0, 0.1) is 0 Å². The van der Waals surface area contributed by atoms with Crippen molar-refractivity contribution in [2.45, 2.75) is 6.54 Å². The molecule has 2 aromatic carbocycles. The molecule has 0 radical (unpaired) electrons. The average molecular weight is 411 g/mol. The molecular formula is C20H21N5O3S. The van der Waals surface area contributed by atoms with E-state index in [1.165, 1.54) is 9.47 Å². The summed E-state index contributed by atoms with van der Waals surface area (Å²) in [6.45, 7) is 0.221. The Bertz CT molecular complexity index is 1140. The molecule has 0 atom stereocenters. The zero-order valence-electron chi connectivity index (χ0n) is 16.0. The molecule has 0 unspecified atom stereocenters. The van der Waals surface area contributed by atoms with E-state index in [9.17, 15) is 9.59 Å². The maximum Gasteiger partial charge on any atom is 0.330 e. The first-order valence-electron chi connectivity index (χ1n) is 8.76. The number of anilines is 3. The second-order valence-electron chi connectivity index (χ2n) is 6.29. The Morgan fingerprint density at radius 3 is 2.62 bits per heavy atom. The van der Waals surface area contributed by atoms with E-state index >= 15 is 0 Å². The number of ether oxygens (including phenoxy) is 1. The summed E-state index contributed by atoms with van der Waals surface area (Å²) >= 11 is 5.42. The fourth-order valence-corrected chi connectivity index (χ4v) is 3.04. The number of nitrogen functional groups attached to an aromatic ring is 1. The lowest BCUT2D eigenvalue weighted by Gasteiger charge is -2.23. The van der Waals surface area contributed by atoms with Gasteiger partial charge in [0.05, 0.1) is 13.7 Å². The van der Waals surface area contributed by atoms with Gasteiger partial charge in [-0.1, -0.05) is 36.4 Å². The van der Waals surface area contributed by atoms with E-state index in [4.69, 9.17) is 22.7 Å². The first kappa shape index (κ1) is 20.2.